The molecule has 2 fully saturated rings. The van der Waals surface area contributed by atoms with Gasteiger partial charge in [-0.25, -0.2) is 9.59 Å². The van der Waals surface area contributed by atoms with Crippen molar-refractivity contribution < 1.29 is 18.9 Å². The Morgan fingerprint density at radius 3 is 2.14 bits per heavy atom. The van der Waals surface area contributed by atoms with Crippen LogP contribution in [0.15, 0.2) is 42.5 Å². The maximum absolute atomic E-state index is 13.5. The molecule has 5 nitrogen and oxygen atoms in total. The molecular weight excluding hydrogens is 364 g/mol. The monoisotopic (exact) mass is 393 g/mol. The van der Waals surface area contributed by atoms with Crippen LogP contribution < -0.4 is 5.32 Å². The molecule has 0 radical (unpaired) electrons. The van der Waals surface area contributed by atoms with E-state index < -0.39 is 11.8 Å². The van der Waals surface area contributed by atoms with Gasteiger partial charge in [0.1, 0.15) is 0 Å². The maximum Gasteiger partial charge on any atom is 0.411 e. The van der Waals surface area contributed by atoms with Crippen LogP contribution in [0.5, 0.6) is 0 Å². The van der Waals surface area contributed by atoms with Crippen LogP contribution in [0.25, 0.3) is 10.8 Å². The number of rotatable bonds is 2. The van der Waals surface area contributed by atoms with Crippen molar-refractivity contribution in [3.8, 4) is 0 Å². The van der Waals surface area contributed by atoms with Crippen molar-refractivity contribution >= 4 is 28.5 Å². The standard InChI is InChI=1S/C24H28N2O3/c27-22(25-21-11-3-1-2-4-12-21)24(29)26(15-7-8-16-26)23(28)20-14-13-18-9-5-6-10-19(18)17-20/h5-6,9-10,13-14,17,21H,1-4,7-8,11-12,15-16H2/p+1. The molecule has 1 saturated heterocycles. The highest BCUT2D eigenvalue weighted by molar-refractivity contribution is 6.34. The van der Waals surface area contributed by atoms with E-state index in [9.17, 15) is 14.4 Å². The molecule has 3 amide bonds. The molecule has 1 N–H and O–H groups in total. The van der Waals surface area contributed by atoms with Gasteiger partial charge < -0.3 is 5.32 Å². The van der Waals surface area contributed by atoms with Gasteiger partial charge in [-0.15, -0.1) is 0 Å². The first-order chi connectivity index (χ1) is 14.1. The summed E-state index contributed by atoms with van der Waals surface area (Å²) >= 11 is 0. The summed E-state index contributed by atoms with van der Waals surface area (Å²) in [6, 6.07) is 13.4. The van der Waals surface area contributed by atoms with Crippen LogP contribution in [-0.2, 0) is 9.59 Å². The highest BCUT2D eigenvalue weighted by Gasteiger charge is 2.51. The van der Waals surface area contributed by atoms with Crippen LogP contribution in [0.4, 0.5) is 0 Å². The Morgan fingerprint density at radius 2 is 1.45 bits per heavy atom. The van der Waals surface area contributed by atoms with Gasteiger partial charge in [0.15, 0.2) is 0 Å². The number of benzene rings is 2. The van der Waals surface area contributed by atoms with Gasteiger partial charge in [-0.3, -0.25) is 4.79 Å². The minimum Gasteiger partial charge on any atom is -0.342 e. The van der Waals surface area contributed by atoms with Crippen molar-refractivity contribution in [2.75, 3.05) is 13.1 Å². The average molecular weight is 394 g/mol. The Labute approximate surface area is 171 Å². The van der Waals surface area contributed by atoms with Crippen molar-refractivity contribution in [2.45, 2.75) is 57.4 Å². The number of likely N-dealkylation sites (tertiary alicyclic amines) is 1. The number of fused-ring (bicyclic) bond motifs is 1. The zero-order valence-electron chi connectivity index (χ0n) is 16.9. The fourth-order valence-electron chi connectivity index (χ4n) is 4.81. The average Bonchev–Trinajstić information content (AvgIpc) is 3.12. The molecule has 1 heterocycles. The van der Waals surface area contributed by atoms with Gasteiger partial charge >= 0.3 is 17.7 Å². The molecule has 2 aliphatic rings. The number of carbonyl (C=O) groups is 3. The molecule has 5 heteroatoms. The molecule has 1 aliphatic heterocycles. The maximum atomic E-state index is 13.5. The van der Waals surface area contributed by atoms with E-state index >= 15 is 0 Å². The van der Waals surface area contributed by atoms with Crippen molar-refractivity contribution in [1.82, 2.24) is 5.32 Å². The molecule has 152 valence electrons. The van der Waals surface area contributed by atoms with E-state index in [0.717, 1.165) is 49.3 Å². The molecule has 1 aliphatic carbocycles. The van der Waals surface area contributed by atoms with E-state index in [-0.39, 0.29) is 16.4 Å². The summed E-state index contributed by atoms with van der Waals surface area (Å²) in [6.07, 6.45) is 7.91. The molecule has 0 atom stereocenters. The van der Waals surface area contributed by atoms with Gasteiger partial charge in [0.05, 0.1) is 18.7 Å². The number of amides is 3. The molecule has 2 aromatic rings. The summed E-state index contributed by atoms with van der Waals surface area (Å²) in [5.41, 5.74) is 0.501. The minimum atomic E-state index is -0.593. The van der Waals surface area contributed by atoms with E-state index in [1.54, 1.807) is 6.07 Å². The second-order valence-electron chi connectivity index (χ2n) is 8.46. The Balaban J connectivity index is 1.57. The summed E-state index contributed by atoms with van der Waals surface area (Å²) in [5, 5.41) is 4.95. The van der Waals surface area contributed by atoms with Crippen molar-refractivity contribution in [1.29, 1.82) is 0 Å². The zero-order valence-corrected chi connectivity index (χ0v) is 16.9. The molecule has 0 unspecified atom stereocenters. The molecule has 2 aromatic carbocycles. The lowest BCUT2D eigenvalue weighted by molar-refractivity contribution is -0.754. The number of imide groups is 1. The van der Waals surface area contributed by atoms with Crippen molar-refractivity contribution in [3.05, 3.63) is 48.0 Å². The van der Waals surface area contributed by atoms with Gasteiger partial charge in [-0.2, -0.15) is 4.48 Å². The third-order valence-electron chi connectivity index (χ3n) is 6.49. The number of nitrogens with one attached hydrogen (secondary N) is 1. The van der Waals surface area contributed by atoms with Gasteiger partial charge in [-0.1, -0.05) is 56.0 Å². The van der Waals surface area contributed by atoms with Gasteiger partial charge in [0, 0.05) is 18.9 Å². The van der Waals surface area contributed by atoms with Crippen LogP contribution in [0, 0.1) is 0 Å². The molecule has 0 aromatic heterocycles. The Kier molecular flexibility index (Phi) is 5.76. The predicted octanol–water partition coefficient (Wildman–Crippen LogP) is 3.96. The van der Waals surface area contributed by atoms with E-state index in [1.807, 2.05) is 36.4 Å². The topological polar surface area (TPSA) is 63.2 Å². The minimum absolute atomic E-state index is 0.0485. The number of hydrogen-bond acceptors (Lipinski definition) is 3. The number of nitrogens with zero attached hydrogens (tertiary/aromatic N) is 1. The number of hydrogen-bond donors (Lipinski definition) is 1. The number of carbonyl (C=O) groups excluding carboxylic acids is 3. The summed E-state index contributed by atoms with van der Waals surface area (Å²) in [7, 11) is 0. The normalized spacial score (nSPS) is 19.6. The lowest BCUT2D eigenvalue weighted by atomic mass is 10.1. The van der Waals surface area contributed by atoms with E-state index in [4.69, 9.17) is 0 Å². The van der Waals surface area contributed by atoms with E-state index in [0.29, 0.717) is 18.7 Å². The van der Waals surface area contributed by atoms with E-state index in [1.165, 1.54) is 12.8 Å². The fourth-order valence-corrected chi connectivity index (χ4v) is 4.81. The quantitative estimate of drug-likeness (QED) is 0.477. The largest absolute Gasteiger partial charge is 0.411 e. The third kappa shape index (κ3) is 3.97. The summed E-state index contributed by atoms with van der Waals surface area (Å²) < 4.78 is -0.378. The smallest absolute Gasteiger partial charge is 0.342 e. The van der Waals surface area contributed by atoms with Crippen LogP contribution in [0.3, 0.4) is 0 Å². The highest BCUT2D eigenvalue weighted by Crippen LogP contribution is 2.26. The molecule has 0 spiro atoms. The lowest BCUT2D eigenvalue weighted by Crippen LogP contribution is -2.60. The Hall–Kier alpha value is -2.53. The highest BCUT2D eigenvalue weighted by atomic mass is 16.2. The third-order valence-corrected chi connectivity index (χ3v) is 6.49. The molecule has 0 bridgehead atoms. The molecular formula is C24H29N2O3+. The summed E-state index contributed by atoms with van der Waals surface area (Å²) in [5.74, 6) is -1.44. The SMILES string of the molecule is O=C(NC1CCCCCC1)C(=O)[N+]1(C(=O)c2ccc3ccccc3c2)CCCC1. The van der Waals surface area contributed by atoms with Crippen LogP contribution in [-0.4, -0.2) is 41.3 Å². The molecule has 1 saturated carbocycles. The second kappa shape index (κ2) is 8.46. The first-order valence-corrected chi connectivity index (χ1v) is 10.9. The summed E-state index contributed by atoms with van der Waals surface area (Å²) in [6.45, 7) is 0.811. The van der Waals surface area contributed by atoms with Gasteiger partial charge in [0.2, 0.25) is 0 Å². The van der Waals surface area contributed by atoms with Crippen LogP contribution >= 0.6 is 0 Å². The van der Waals surface area contributed by atoms with Crippen LogP contribution in [0.2, 0.25) is 0 Å². The molecule has 29 heavy (non-hydrogen) atoms. The van der Waals surface area contributed by atoms with Gasteiger partial charge in [0.25, 0.3) is 0 Å². The van der Waals surface area contributed by atoms with Crippen molar-refractivity contribution in [3.63, 3.8) is 0 Å². The van der Waals surface area contributed by atoms with Crippen molar-refractivity contribution in [2.24, 2.45) is 0 Å². The zero-order chi connectivity index (χ0) is 20.3. The summed E-state index contributed by atoms with van der Waals surface area (Å²) in [4.78, 5) is 39.6. The first kappa shape index (κ1) is 19.8. The first-order valence-electron chi connectivity index (χ1n) is 10.9. The number of quaternary nitrogens is 1. The van der Waals surface area contributed by atoms with E-state index in [2.05, 4.69) is 5.32 Å². The molecule has 4 rings (SSSR count). The predicted molar refractivity (Wildman–Crippen MR) is 112 cm³/mol. The second-order valence-corrected chi connectivity index (χ2v) is 8.46. The lowest BCUT2D eigenvalue weighted by Gasteiger charge is -2.28. The van der Waals surface area contributed by atoms with Crippen LogP contribution in [0.1, 0.15) is 61.7 Å². The Morgan fingerprint density at radius 1 is 0.793 bits per heavy atom. The Bertz CT molecular complexity index is 923. The van der Waals surface area contributed by atoms with Gasteiger partial charge in [-0.05, 0) is 35.7 Å². The fraction of sp³-hybridized carbons (Fsp3) is 0.458.